The van der Waals surface area contributed by atoms with Crippen molar-refractivity contribution >= 4 is 23.2 Å². The van der Waals surface area contributed by atoms with Gasteiger partial charge in [-0.05, 0) is 54.6 Å². The summed E-state index contributed by atoms with van der Waals surface area (Å²) in [5.41, 5.74) is 1.60. The zero-order valence-corrected chi connectivity index (χ0v) is 15.3. The highest BCUT2D eigenvalue weighted by atomic mass is 16.5. The van der Waals surface area contributed by atoms with E-state index in [9.17, 15) is 9.59 Å². The SMILES string of the molecule is COc1ccc(NC(=O)c2cccc(NC(=O)COc3ccccc3)c2)cc1. The van der Waals surface area contributed by atoms with Crippen LogP contribution in [-0.2, 0) is 4.79 Å². The highest BCUT2D eigenvalue weighted by Gasteiger charge is 2.09. The minimum absolute atomic E-state index is 0.119. The third kappa shape index (κ3) is 5.35. The van der Waals surface area contributed by atoms with Crippen molar-refractivity contribution in [3.63, 3.8) is 0 Å². The molecule has 3 rings (SSSR count). The number of nitrogens with one attached hydrogen (secondary N) is 2. The maximum absolute atomic E-state index is 12.4. The highest BCUT2D eigenvalue weighted by Crippen LogP contribution is 2.17. The maximum atomic E-state index is 12.4. The van der Waals surface area contributed by atoms with Gasteiger partial charge in [-0.15, -0.1) is 0 Å². The molecule has 0 aliphatic heterocycles. The Bertz CT molecular complexity index is 940. The van der Waals surface area contributed by atoms with Crippen molar-refractivity contribution in [1.29, 1.82) is 0 Å². The summed E-state index contributed by atoms with van der Waals surface area (Å²) in [6.07, 6.45) is 0. The minimum atomic E-state index is -0.309. The van der Waals surface area contributed by atoms with E-state index in [1.807, 2.05) is 18.2 Å². The number of anilines is 2. The van der Waals surface area contributed by atoms with Gasteiger partial charge < -0.3 is 20.1 Å². The lowest BCUT2D eigenvalue weighted by Crippen LogP contribution is -2.20. The molecule has 0 saturated heterocycles. The molecule has 2 amide bonds. The summed E-state index contributed by atoms with van der Waals surface area (Å²) in [7, 11) is 1.58. The quantitative estimate of drug-likeness (QED) is 0.654. The number of hydrogen-bond acceptors (Lipinski definition) is 4. The fourth-order valence-corrected chi connectivity index (χ4v) is 2.48. The summed E-state index contributed by atoms with van der Waals surface area (Å²) in [4.78, 5) is 24.5. The van der Waals surface area contributed by atoms with Crippen molar-refractivity contribution in [3.8, 4) is 11.5 Å². The van der Waals surface area contributed by atoms with Crippen LogP contribution in [0.3, 0.4) is 0 Å². The van der Waals surface area contributed by atoms with E-state index in [2.05, 4.69) is 10.6 Å². The van der Waals surface area contributed by atoms with E-state index in [4.69, 9.17) is 9.47 Å². The topological polar surface area (TPSA) is 76.7 Å². The summed E-state index contributed by atoms with van der Waals surface area (Å²) in [6, 6.07) is 22.8. The zero-order chi connectivity index (χ0) is 19.8. The standard InChI is InChI=1S/C22H20N2O4/c1-27-19-12-10-17(11-13-19)24-22(26)16-6-5-7-18(14-16)23-21(25)15-28-20-8-3-2-4-9-20/h2-14H,15H2,1H3,(H,23,25)(H,24,26). The van der Waals surface area contributed by atoms with Crippen molar-refractivity contribution < 1.29 is 19.1 Å². The Morgan fingerprint density at radius 3 is 2.25 bits per heavy atom. The molecule has 3 aromatic carbocycles. The Morgan fingerprint density at radius 1 is 0.786 bits per heavy atom. The van der Waals surface area contributed by atoms with Crippen molar-refractivity contribution in [2.45, 2.75) is 0 Å². The first kappa shape index (κ1) is 19.0. The maximum Gasteiger partial charge on any atom is 0.262 e. The molecule has 6 heteroatoms. The second-order valence-corrected chi connectivity index (χ2v) is 5.91. The fraction of sp³-hybridized carbons (Fsp3) is 0.0909. The molecule has 0 bridgehead atoms. The van der Waals surface area contributed by atoms with E-state index < -0.39 is 0 Å². The van der Waals surface area contributed by atoms with Gasteiger partial charge in [-0.1, -0.05) is 24.3 Å². The number of carbonyl (C=O) groups excluding carboxylic acids is 2. The first-order valence-corrected chi connectivity index (χ1v) is 8.67. The van der Waals surface area contributed by atoms with Crippen LogP contribution in [0, 0.1) is 0 Å². The van der Waals surface area contributed by atoms with Crippen LogP contribution in [0.25, 0.3) is 0 Å². The second-order valence-electron chi connectivity index (χ2n) is 5.91. The molecule has 0 unspecified atom stereocenters. The molecular weight excluding hydrogens is 356 g/mol. The first-order chi connectivity index (χ1) is 13.6. The van der Waals surface area contributed by atoms with Crippen LogP contribution in [0.2, 0.25) is 0 Å². The predicted octanol–water partition coefficient (Wildman–Crippen LogP) is 3.97. The summed E-state index contributed by atoms with van der Waals surface area (Å²) >= 11 is 0. The van der Waals surface area contributed by atoms with Gasteiger partial charge in [-0.25, -0.2) is 0 Å². The summed E-state index contributed by atoms with van der Waals surface area (Å²) in [6.45, 7) is -0.119. The van der Waals surface area contributed by atoms with Gasteiger partial charge in [0.15, 0.2) is 6.61 Å². The van der Waals surface area contributed by atoms with Crippen LogP contribution < -0.4 is 20.1 Å². The Morgan fingerprint density at radius 2 is 1.54 bits per heavy atom. The Hall–Kier alpha value is -3.80. The molecule has 0 aliphatic carbocycles. The third-order valence-electron chi connectivity index (χ3n) is 3.87. The van der Waals surface area contributed by atoms with Crippen LogP contribution in [0.5, 0.6) is 11.5 Å². The predicted molar refractivity (Wildman–Crippen MR) is 108 cm³/mol. The average molecular weight is 376 g/mol. The van der Waals surface area contributed by atoms with Crippen molar-refractivity contribution in [2.24, 2.45) is 0 Å². The van der Waals surface area contributed by atoms with Crippen molar-refractivity contribution in [1.82, 2.24) is 0 Å². The number of amides is 2. The molecular formula is C22H20N2O4. The van der Waals surface area contributed by atoms with E-state index in [0.717, 1.165) is 0 Å². The zero-order valence-electron chi connectivity index (χ0n) is 15.3. The van der Waals surface area contributed by atoms with Crippen LogP contribution in [0.15, 0.2) is 78.9 Å². The Labute approximate surface area is 163 Å². The summed E-state index contributed by atoms with van der Waals surface area (Å²) < 4.78 is 10.5. The molecule has 142 valence electrons. The van der Waals surface area contributed by atoms with Crippen LogP contribution in [-0.4, -0.2) is 25.5 Å². The third-order valence-corrected chi connectivity index (χ3v) is 3.87. The van der Waals surface area contributed by atoms with Crippen molar-refractivity contribution in [3.05, 3.63) is 84.4 Å². The Balaban J connectivity index is 1.57. The van der Waals surface area contributed by atoms with Crippen LogP contribution in [0.4, 0.5) is 11.4 Å². The molecule has 2 N–H and O–H groups in total. The number of methoxy groups -OCH3 is 1. The van der Waals surface area contributed by atoms with Gasteiger partial charge in [0.2, 0.25) is 0 Å². The van der Waals surface area contributed by atoms with E-state index >= 15 is 0 Å². The number of benzene rings is 3. The molecule has 0 atom stereocenters. The largest absolute Gasteiger partial charge is 0.497 e. The van der Waals surface area contributed by atoms with E-state index in [1.165, 1.54) is 0 Å². The normalized spacial score (nSPS) is 10.0. The number of carbonyl (C=O) groups is 2. The lowest BCUT2D eigenvalue weighted by atomic mass is 10.2. The van der Waals surface area contributed by atoms with Crippen LogP contribution in [0.1, 0.15) is 10.4 Å². The van der Waals surface area contributed by atoms with E-state index in [-0.39, 0.29) is 18.4 Å². The molecule has 0 aliphatic rings. The van der Waals surface area contributed by atoms with Gasteiger partial charge in [0.05, 0.1) is 7.11 Å². The summed E-state index contributed by atoms with van der Waals surface area (Å²) in [5, 5.41) is 5.53. The molecule has 28 heavy (non-hydrogen) atoms. The van der Waals surface area contributed by atoms with Gasteiger partial charge in [0, 0.05) is 16.9 Å². The molecule has 0 fully saturated rings. The van der Waals surface area contributed by atoms with E-state index in [1.54, 1.807) is 67.8 Å². The number of ether oxygens (including phenoxy) is 2. The number of hydrogen-bond donors (Lipinski definition) is 2. The lowest BCUT2D eigenvalue weighted by Gasteiger charge is -2.10. The fourth-order valence-electron chi connectivity index (χ4n) is 2.48. The minimum Gasteiger partial charge on any atom is -0.497 e. The van der Waals surface area contributed by atoms with E-state index in [0.29, 0.717) is 28.4 Å². The first-order valence-electron chi connectivity index (χ1n) is 8.67. The molecule has 0 radical (unpaired) electrons. The lowest BCUT2D eigenvalue weighted by molar-refractivity contribution is -0.118. The molecule has 6 nitrogen and oxygen atoms in total. The van der Waals surface area contributed by atoms with Gasteiger partial charge in [-0.3, -0.25) is 9.59 Å². The smallest absolute Gasteiger partial charge is 0.262 e. The molecule has 0 spiro atoms. The molecule has 0 aromatic heterocycles. The van der Waals surface area contributed by atoms with Gasteiger partial charge in [0.25, 0.3) is 11.8 Å². The molecule has 0 heterocycles. The monoisotopic (exact) mass is 376 g/mol. The van der Waals surface area contributed by atoms with Crippen LogP contribution >= 0.6 is 0 Å². The second kappa shape index (κ2) is 9.23. The van der Waals surface area contributed by atoms with Gasteiger partial charge in [-0.2, -0.15) is 0 Å². The Kier molecular flexibility index (Phi) is 6.25. The summed E-state index contributed by atoms with van der Waals surface area (Å²) in [5.74, 6) is 0.740. The molecule has 3 aromatic rings. The average Bonchev–Trinajstić information content (AvgIpc) is 2.74. The van der Waals surface area contributed by atoms with Gasteiger partial charge in [0.1, 0.15) is 11.5 Å². The van der Waals surface area contributed by atoms with Gasteiger partial charge >= 0.3 is 0 Å². The van der Waals surface area contributed by atoms with Crippen molar-refractivity contribution in [2.75, 3.05) is 24.4 Å². The number of rotatable bonds is 7. The highest BCUT2D eigenvalue weighted by molar-refractivity contribution is 6.05. The number of para-hydroxylation sites is 1. The molecule has 0 saturated carbocycles.